The lowest BCUT2D eigenvalue weighted by Crippen LogP contribution is -2.38. The van der Waals surface area contributed by atoms with Gasteiger partial charge >= 0.3 is 0 Å². The van der Waals surface area contributed by atoms with Crippen molar-refractivity contribution in [1.29, 1.82) is 0 Å². The van der Waals surface area contributed by atoms with Gasteiger partial charge in [-0.05, 0) is 37.7 Å². The number of nitrogens with two attached hydrogens (primary N) is 1. The van der Waals surface area contributed by atoms with Crippen molar-refractivity contribution in [2.75, 3.05) is 30.3 Å². The molecule has 2 N–H and O–H groups in total. The molecular formula is C16H24N2OS2. The van der Waals surface area contributed by atoms with Crippen LogP contribution in [0.5, 0.6) is 0 Å². The molecular weight excluding hydrogens is 300 g/mol. The zero-order valence-corrected chi connectivity index (χ0v) is 14.4. The van der Waals surface area contributed by atoms with E-state index >= 15 is 0 Å². The molecule has 3 nitrogen and oxygen atoms in total. The first-order chi connectivity index (χ1) is 10.2. The second kappa shape index (κ2) is 8.01. The van der Waals surface area contributed by atoms with Crippen molar-refractivity contribution < 1.29 is 4.74 Å². The first-order valence-electron chi connectivity index (χ1n) is 7.59. The molecule has 1 aromatic carbocycles. The number of ether oxygens (including phenoxy) is 1. The molecule has 2 rings (SSSR count). The molecule has 1 aliphatic heterocycles. The summed E-state index contributed by atoms with van der Waals surface area (Å²) in [5.74, 6) is 1.02. The number of thiocarbonyl (C=S) groups is 1. The summed E-state index contributed by atoms with van der Waals surface area (Å²) < 4.78 is 5.73. The van der Waals surface area contributed by atoms with Crippen molar-refractivity contribution >= 4 is 34.7 Å². The number of hydrogen-bond acceptors (Lipinski definition) is 4. The van der Waals surface area contributed by atoms with Crippen molar-refractivity contribution in [3.8, 4) is 0 Å². The topological polar surface area (TPSA) is 38.5 Å². The average molecular weight is 325 g/mol. The third-order valence-electron chi connectivity index (χ3n) is 3.74. The molecule has 0 aliphatic carbocycles. The van der Waals surface area contributed by atoms with E-state index in [0.29, 0.717) is 11.1 Å². The van der Waals surface area contributed by atoms with Crippen LogP contribution in [0, 0.1) is 0 Å². The third kappa shape index (κ3) is 4.11. The minimum Gasteiger partial charge on any atom is -0.389 e. The summed E-state index contributed by atoms with van der Waals surface area (Å²) in [6.07, 6.45) is 2.53. The lowest BCUT2D eigenvalue weighted by Gasteiger charge is -2.34. The van der Waals surface area contributed by atoms with Crippen molar-refractivity contribution in [2.45, 2.75) is 37.7 Å². The summed E-state index contributed by atoms with van der Waals surface area (Å²) in [6, 6.07) is 6.35. The lowest BCUT2D eigenvalue weighted by molar-refractivity contribution is 0.0459. The number of hydrogen-bond donors (Lipinski definition) is 1. The molecule has 0 amide bonds. The Kier molecular flexibility index (Phi) is 6.33. The van der Waals surface area contributed by atoms with Gasteiger partial charge < -0.3 is 15.4 Å². The summed E-state index contributed by atoms with van der Waals surface area (Å²) in [4.78, 5) is 4.08. The van der Waals surface area contributed by atoms with Gasteiger partial charge in [-0.25, -0.2) is 0 Å². The molecule has 1 saturated heterocycles. The summed E-state index contributed by atoms with van der Waals surface area (Å²) in [6.45, 7) is 7.00. The molecule has 1 heterocycles. The molecule has 0 spiro atoms. The van der Waals surface area contributed by atoms with Gasteiger partial charge in [-0.15, -0.1) is 11.8 Å². The third-order valence-corrected chi connectivity index (χ3v) is 4.88. The minimum absolute atomic E-state index is 0.396. The van der Waals surface area contributed by atoms with E-state index in [0.717, 1.165) is 43.9 Å². The van der Waals surface area contributed by atoms with Gasteiger partial charge in [0, 0.05) is 35.8 Å². The van der Waals surface area contributed by atoms with E-state index in [1.165, 1.54) is 10.6 Å². The molecule has 0 atom stereocenters. The standard InChI is InChI=1S/C16H24N2OS2/c1-3-19-12-8-10-18(11-9-12)13-6-5-7-14(21-4-2)15(13)16(17)20/h5-7,12H,3-4,8-11H2,1-2H3,(H2,17,20). The van der Waals surface area contributed by atoms with Crippen LogP contribution in [0.4, 0.5) is 5.69 Å². The van der Waals surface area contributed by atoms with E-state index in [-0.39, 0.29) is 0 Å². The molecule has 0 saturated carbocycles. The maximum absolute atomic E-state index is 5.99. The zero-order chi connectivity index (χ0) is 15.2. The van der Waals surface area contributed by atoms with Gasteiger partial charge in [0.2, 0.25) is 0 Å². The van der Waals surface area contributed by atoms with E-state index in [1.807, 2.05) is 0 Å². The SMILES string of the molecule is CCOC1CCN(c2cccc(SCC)c2C(N)=S)CC1. The van der Waals surface area contributed by atoms with Crippen LogP contribution in [0.2, 0.25) is 0 Å². The largest absolute Gasteiger partial charge is 0.389 e. The molecule has 1 aromatic rings. The Labute approximate surface area is 137 Å². The van der Waals surface area contributed by atoms with Crippen LogP contribution in [0.15, 0.2) is 23.1 Å². The summed E-state index contributed by atoms with van der Waals surface area (Å²) in [5.41, 5.74) is 8.21. The van der Waals surface area contributed by atoms with Gasteiger partial charge in [0.25, 0.3) is 0 Å². The minimum atomic E-state index is 0.396. The number of rotatable bonds is 6. The van der Waals surface area contributed by atoms with E-state index < -0.39 is 0 Å². The highest BCUT2D eigenvalue weighted by Crippen LogP contribution is 2.32. The number of piperidine rings is 1. The molecule has 0 unspecified atom stereocenters. The van der Waals surface area contributed by atoms with Crippen LogP contribution < -0.4 is 10.6 Å². The smallest absolute Gasteiger partial charge is 0.107 e. The maximum Gasteiger partial charge on any atom is 0.107 e. The van der Waals surface area contributed by atoms with Crippen molar-refractivity contribution in [1.82, 2.24) is 0 Å². The molecule has 0 radical (unpaired) electrons. The van der Waals surface area contributed by atoms with E-state index in [1.54, 1.807) is 11.8 Å². The first-order valence-corrected chi connectivity index (χ1v) is 8.98. The molecule has 1 fully saturated rings. The molecule has 21 heavy (non-hydrogen) atoms. The van der Waals surface area contributed by atoms with Gasteiger partial charge in [0.1, 0.15) is 4.99 Å². The average Bonchev–Trinajstić information content (AvgIpc) is 2.48. The normalized spacial score (nSPS) is 16.2. The van der Waals surface area contributed by atoms with Crippen LogP contribution in [0.3, 0.4) is 0 Å². The van der Waals surface area contributed by atoms with E-state index in [4.69, 9.17) is 22.7 Å². The molecule has 116 valence electrons. The Bertz CT molecular complexity index is 485. The molecule has 5 heteroatoms. The Hall–Kier alpha value is -0.780. The van der Waals surface area contributed by atoms with Crippen molar-refractivity contribution in [2.24, 2.45) is 5.73 Å². The fourth-order valence-corrected chi connectivity index (χ4v) is 3.93. The molecule has 0 aromatic heterocycles. The summed E-state index contributed by atoms with van der Waals surface area (Å²) in [7, 11) is 0. The van der Waals surface area contributed by atoms with Crippen molar-refractivity contribution in [3.05, 3.63) is 23.8 Å². The second-order valence-electron chi connectivity index (χ2n) is 5.09. The van der Waals surface area contributed by atoms with Gasteiger partial charge in [0.15, 0.2) is 0 Å². The number of thioether (sulfide) groups is 1. The predicted molar refractivity (Wildman–Crippen MR) is 95.6 cm³/mol. The fraction of sp³-hybridized carbons (Fsp3) is 0.562. The quantitative estimate of drug-likeness (QED) is 0.641. The zero-order valence-electron chi connectivity index (χ0n) is 12.8. The van der Waals surface area contributed by atoms with Crippen LogP contribution in [-0.2, 0) is 4.74 Å². The van der Waals surface area contributed by atoms with Gasteiger partial charge in [0.05, 0.1) is 6.10 Å². The summed E-state index contributed by atoms with van der Waals surface area (Å²) >= 11 is 7.10. The highest BCUT2D eigenvalue weighted by molar-refractivity contribution is 7.99. The second-order valence-corrected chi connectivity index (χ2v) is 6.83. The first kappa shape index (κ1) is 16.6. The van der Waals surface area contributed by atoms with Gasteiger partial charge in [-0.1, -0.05) is 25.2 Å². The van der Waals surface area contributed by atoms with Crippen LogP contribution in [0.25, 0.3) is 0 Å². The van der Waals surface area contributed by atoms with Crippen LogP contribution >= 0.6 is 24.0 Å². The van der Waals surface area contributed by atoms with Crippen LogP contribution in [0.1, 0.15) is 32.3 Å². The predicted octanol–water partition coefficient (Wildman–Crippen LogP) is 3.44. The summed E-state index contributed by atoms with van der Waals surface area (Å²) in [5, 5.41) is 0. The molecule has 1 aliphatic rings. The van der Waals surface area contributed by atoms with E-state index in [2.05, 4.69) is 36.9 Å². The fourth-order valence-electron chi connectivity index (χ4n) is 2.81. The Morgan fingerprint density at radius 3 is 2.67 bits per heavy atom. The van der Waals surface area contributed by atoms with E-state index in [9.17, 15) is 0 Å². The van der Waals surface area contributed by atoms with Crippen molar-refractivity contribution in [3.63, 3.8) is 0 Å². The Morgan fingerprint density at radius 2 is 2.10 bits per heavy atom. The Morgan fingerprint density at radius 1 is 1.38 bits per heavy atom. The lowest BCUT2D eigenvalue weighted by atomic mass is 10.0. The van der Waals surface area contributed by atoms with Gasteiger partial charge in [-0.3, -0.25) is 0 Å². The number of benzene rings is 1. The van der Waals surface area contributed by atoms with Gasteiger partial charge in [-0.2, -0.15) is 0 Å². The van der Waals surface area contributed by atoms with Crippen LogP contribution in [-0.4, -0.2) is 36.5 Å². The highest BCUT2D eigenvalue weighted by atomic mass is 32.2. The molecule has 0 bridgehead atoms. The maximum atomic E-state index is 5.99. The number of anilines is 1. The monoisotopic (exact) mass is 324 g/mol. The number of nitrogens with zero attached hydrogens (tertiary/aromatic N) is 1. The highest BCUT2D eigenvalue weighted by Gasteiger charge is 2.23. The Balaban J connectivity index is 2.20.